The summed E-state index contributed by atoms with van der Waals surface area (Å²) in [5, 5.41) is -0.716. The molecular weight excluding hydrogens is 418 g/mol. The van der Waals surface area contributed by atoms with Crippen LogP contribution in [0.2, 0.25) is 0 Å². The summed E-state index contributed by atoms with van der Waals surface area (Å²) in [5.41, 5.74) is 6.69. The van der Waals surface area contributed by atoms with Gasteiger partial charge in [0.1, 0.15) is 11.0 Å². The molecule has 1 amide bonds. The number of anilines is 1. The van der Waals surface area contributed by atoms with E-state index in [-0.39, 0.29) is 49.1 Å². The van der Waals surface area contributed by atoms with Crippen LogP contribution in [0.15, 0.2) is 24.3 Å². The van der Waals surface area contributed by atoms with Gasteiger partial charge in [-0.2, -0.15) is 0 Å². The van der Waals surface area contributed by atoms with E-state index < -0.39 is 16.0 Å². The van der Waals surface area contributed by atoms with E-state index in [0.717, 1.165) is 24.4 Å². The molecule has 31 heavy (non-hydrogen) atoms. The SMILES string of the molecule is CCOC(=O)CCC(C(=O)N1CC2CC1CN2c1ccc(OCC)cc1)S(=O)CCN. The van der Waals surface area contributed by atoms with Crippen LogP contribution in [-0.4, -0.2) is 76.9 Å². The standard InChI is InChI=1S/C22H33N3O5S/c1-3-29-19-7-5-16(6-8-19)24-14-18-13-17(24)15-25(18)22(27)20(31(28)12-11-23)9-10-21(26)30-4-2/h5-8,17-18,20H,3-4,9-15,23H2,1-2H3. The van der Waals surface area contributed by atoms with Gasteiger partial charge < -0.3 is 25.0 Å². The van der Waals surface area contributed by atoms with Gasteiger partial charge in [-0.1, -0.05) is 0 Å². The number of ether oxygens (including phenoxy) is 2. The third kappa shape index (κ3) is 5.57. The van der Waals surface area contributed by atoms with Crippen molar-refractivity contribution in [2.45, 2.75) is 50.4 Å². The maximum absolute atomic E-state index is 13.3. The zero-order valence-corrected chi connectivity index (χ0v) is 19.1. The summed E-state index contributed by atoms with van der Waals surface area (Å²) in [7, 11) is -1.41. The minimum absolute atomic E-state index is 0.0841. The monoisotopic (exact) mass is 451 g/mol. The fourth-order valence-corrected chi connectivity index (χ4v) is 5.70. The minimum Gasteiger partial charge on any atom is -0.494 e. The zero-order chi connectivity index (χ0) is 22.4. The first-order valence-electron chi connectivity index (χ1n) is 11.0. The molecule has 172 valence electrons. The zero-order valence-electron chi connectivity index (χ0n) is 18.3. The number of hydrogen-bond acceptors (Lipinski definition) is 7. The number of benzene rings is 1. The second kappa shape index (κ2) is 10.9. The highest BCUT2D eigenvalue weighted by Gasteiger charge is 2.47. The largest absolute Gasteiger partial charge is 0.494 e. The molecule has 0 aliphatic carbocycles. The molecule has 0 aromatic heterocycles. The summed E-state index contributed by atoms with van der Waals surface area (Å²) >= 11 is 0. The number of esters is 1. The highest BCUT2D eigenvalue weighted by molar-refractivity contribution is 7.86. The van der Waals surface area contributed by atoms with E-state index in [4.69, 9.17) is 15.2 Å². The lowest BCUT2D eigenvalue weighted by molar-refractivity contribution is -0.143. The molecule has 2 saturated heterocycles. The Morgan fingerprint density at radius 2 is 1.90 bits per heavy atom. The van der Waals surface area contributed by atoms with Crippen LogP contribution in [0, 0.1) is 0 Å². The van der Waals surface area contributed by atoms with Crippen LogP contribution in [0.5, 0.6) is 5.75 Å². The summed E-state index contributed by atoms with van der Waals surface area (Å²) in [5.74, 6) is 0.600. The number of carbonyl (C=O) groups is 2. The van der Waals surface area contributed by atoms with Gasteiger partial charge in [0.05, 0.1) is 19.3 Å². The lowest BCUT2D eigenvalue weighted by Gasteiger charge is -2.37. The van der Waals surface area contributed by atoms with E-state index >= 15 is 0 Å². The van der Waals surface area contributed by atoms with Gasteiger partial charge in [0.25, 0.3) is 0 Å². The molecule has 0 spiro atoms. The van der Waals surface area contributed by atoms with E-state index in [1.807, 2.05) is 24.0 Å². The van der Waals surface area contributed by atoms with Gasteiger partial charge >= 0.3 is 5.97 Å². The number of piperazine rings is 1. The first-order chi connectivity index (χ1) is 15.0. The fraction of sp³-hybridized carbons (Fsp3) is 0.636. The third-order valence-corrected chi connectivity index (χ3v) is 7.54. The highest BCUT2D eigenvalue weighted by atomic mass is 32.2. The summed E-state index contributed by atoms with van der Waals surface area (Å²) < 4.78 is 23.2. The molecule has 4 atom stereocenters. The van der Waals surface area contributed by atoms with Gasteiger partial charge in [-0.05, 0) is 51.0 Å². The number of carbonyl (C=O) groups excluding carboxylic acids is 2. The fourth-order valence-electron chi connectivity index (χ4n) is 4.45. The van der Waals surface area contributed by atoms with Crippen molar-refractivity contribution in [3.05, 3.63) is 24.3 Å². The maximum Gasteiger partial charge on any atom is 0.305 e. The average molecular weight is 452 g/mol. The van der Waals surface area contributed by atoms with Crippen molar-refractivity contribution >= 4 is 28.4 Å². The van der Waals surface area contributed by atoms with Crippen LogP contribution in [0.4, 0.5) is 5.69 Å². The highest BCUT2D eigenvalue weighted by Crippen LogP contribution is 2.36. The molecule has 2 N–H and O–H groups in total. The Morgan fingerprint density at radius 1 is 1.16 bits per heavy atom. The van der Waals surface area contributed by atoms with Crippen LogP contribution in [-0.2, 0) is 25.1 Å². The molecule has 3 rings (SSSR count). The van der Waals surface area contributed by atoms with E-state index in [0.29, 0.717) is 19.8 Å². The van der Waals surface area contributed by atoms with Crippen LogP contribution >= 0.6 is 0 Å². The topological polar surface area (TPSA) is 102 Å². The Bertz CT molecular complexity index is 788. The maximum atomic E-state index is 13.3. The normalized spacial score (nSPS) is 21.8. The summed E-state index contributed by atoms with van der Waals surface area (Å²) in [6, 6.07) is 8.36. The smallest absolute Gasteiger partial charge is 0.305 e. The van der Waals surface area contributed by atoms with Gasteiger partial charge in [-0.15, -0.1) is 0 Å². The van der Waals surface area contributed by atoms with E-state index in [2.05, 4.69) is 17.0 Å². The summed E-state index contributed by atoms with van der Waals surface area (Å²) in [6.45, 7) is 6.22. The molecule has 0 radical (unpaired) electrons. The van der Waals surface area contributed by atoms with E-state index in [9.17, 15) is 13.8 Å². The number of likely N-dealkylation sites (tertiary alicyclic amines) is 1. The molecule has 1 aromatic carbocycles. The van der Waals surface area contributed by atoms with Gasteiger partial charge in [-0.3, -0.25) is 13.8 Å². The number of hydrogen-bond donors (Lipinski definition) is 1. The van der Waals surface area contributed by atoms with Gasteiger partial charge in [0, 0.05) is 54.3 Å². The van der Waals surface area contributed by atoms with Crippen LogP contribution in [0.1, 0.15) is 33.1 Å². The Morgan fingerprint density at radius 3 is 2.48 bits per heavy atom. The van der Waals surface area contributed by atoms with E-state index in [1.165, 1.54) is 0 Å². The van der Waals surface area contributed by atoms with Crippen molar-refractivity contribution in [2.75, 3.05) is 43.5 Å². The average Bonchev–Trinajstić information content (AvgIpc) is 3.36. The van der Waals surface area contributed by atoms with Crippen molar-refractivity contribution in [1.82, 2.24) is 4.90 Å². The number of nitrogens with two attached hydrogens (primary N) is 1. The molecular formula is C22H33N3O5S. The molecule has 2 bridgehead atoms. The lowest BCUT2D eigenvalue weighted by Crippen LogP contribution is -2.52. The first kappa shape index (κ1) is 23.5. The van der Waals surface area contributed by atoms with Gasteiger partial charge in [-0.25, -0.2) is 0 Å². The first-order valence-corrected chi connectivity index (χ1v) is 12.4. The van der Waals surface area contributed by atoms with Gasteiger partial charge in [0.15, 0.2) is 0 Å². The second-order valence-electron chi connectivity index (χ2n) is 7.82. The minimum atomic E-state index is -1.41. The quantitative estimate of drug-likeness (QED) is 0.506. The van der Waals surface area contributed by atoms with Crippen molar-refractivity contribution < 1.29 is 23.3 Å². The summed E-state index contributed by atoms with van der Waals surface area (Å²) in [6.07, 6.45) is 1.20. The molecule has 2 aliphatic rings. The second-order valence-corrected chi connectivity index (χ2v) is 9.56. The molecule has 2 aliphatic heterocycles. The van der Waals surface area contributed by atoms with Crippen molar-refractivity contribution in [3.8, 4) is 5.75 Å². The molecule has 2 heterocycles. The number of amides is 1. The summed E-state index contributed by atoms with van der Waals surface area (Å²) in [4.78, 5) is 29.3. The van der Waals surface area contributed by atoms with Crippen LogP contribution in [0.3, 0.4) is 0 Å². The molecule has 8 nitrogen and oxygen atoms in total. The lowest BCUT2D eigenvalue weighted by atomic mass is 10.2. The van der Waals surface area contributed by atoms with Crippen LogP contribution < -0.4 is 15.4 Å². The molecule has 2 fully saturated rings. The van der Waals surface area contributed by atoms with Crippen molar-refractivity contribution in [2.24, 2.45) is 5.73 Å². The Hall–Kier alpha value is -2.13. The molecule has 1 aromatic rings. The third-order valence-electron chi connectivity index (χ3n) is 5.83. The molecule has 0 saturated carbocycles. The molecule has 4 unspecified atom stereocenters. The molecule has 9 heteroatoms. The Kier molecular flexibility index (Phi) is 8.31. The van der Waals surface area contributed by atoms with Gasteiger partial charge in [0.2, 0.25) is 5.91 Å². The predicted octanol–water partition coefficient (Wildman–Crippen LogP) is 1.29. The van der Waals surface area contributed by atoms with Crippen molar-refractivity contribution in [1.29, 1.82) is 0 Å². The number of fused-ring (bicyclic) bond motifs is 2. The van der Waals surface area contributed by atoms with Crippen LogP contribution in [0.25, 0.3) is 0 Å². The number of nitrogens with zero attached hydrogens (tertiary/aromatic N) is 2. The van der Waals surface area contributed by atoms with E-state index in [1.54, 1.807) is 6.92 Å². The van der Waals surface area contributed by atoms with Crippen molar-refractivity contribution in [3.63, 3.8) is 0 Å². The predicted molar refractivity (Wildman–Crippen MR) is 121 cm³/mol. The Balaban J connectivity index is 1.64. The number of rotatable bonds is 11. The Labute approximate surface area is 186 Å².